The van der Waals surface area contributed by atoms with Crippen molar-refractivity contribution in [3.8, 4) is 0 Å². The quantitative estimate of drug-likeness (QED) is 0.677. The van der Waals surface area contributed by atoms with Gasteiger partial charge in [0.15, 0.2) is 0 Å². The van der Waals surface area contributed by atoms with Gasteiger partial charge >= 0.3 is 10.4 Å². The molecule has 0 aromatic rings. The molecule has 1 rings (SSSR count). The number of likely N-dealkylation sites (tertiary alicyclic amines) is 1. The molecule has 0 amide bonds. The third-order valence-electron chi connectivity index (χ3n) is 2.24. The van der Waals surface area contributed by atoms with Crippen LogP contribution in [0.1, 0.15) is 19.8 Å². The summed E-state index contributed by atoms with van der Waals surface area (Å²) in [6.07, 6.45) is 0.971. The standard InChI is InChI=1S/C7H15NO4S/c1-2-8-5-3-7(4-6-8)12-13(9,10)11/h7H,2-6H2,1H3,(H,9,10,11). The van der Waals surface area contributed by atoms with Gasteiger partial charge < -0.3 is 4.90 Å². The second kappa shape index (κ2) is 4.36. The van der Waals surface area contributed by atoms with Gasteiger partial charge in [-0.15, -0.1) is 0 Å². The predicted octanol–water partition coefficient (Wildman–Crippen LogP) is 0.290. The summed E-state index contributed by atoms with van der Waals surface area (Å²) < 4.78 is 33.6. The Kier molecular flexibility index (Phi) is 3.66. The lowest BCUT2D eigenvalue weighted by Crippen LogP contribution is -2.37. The molecule has 1 fully saturated rings. The van der Waals surface area contributed by atoms with Gasteiger partial charge in [0.1, 0.15) is 0 Å². The summed E-state index contributed by atoms with van der Waals surface area (Å²) in [6.45, 7) is 4.69. The molecular formula is C7H15NO4S. The van der Waals surface area contributed by atoms with Crippen molar-refractivity contribution in [1.82, 2.24) is 4.90 Å². The predicted molar refractivity (Wildman–Crippen MR) is 47.8 cm³/mol. The van der Waals surface area contributed by atoms with Crippen LogP contribution >= 0.6 is 0 Å². The summed E-state index contributed by atoms with van der Waals surface area (Å²) in [5.41, 5.74) is 0. The second-order valence-electron chi connectivity index (χ2n) is 3.16. The van der Waals surface area contributed by atoms with Crippen molar-refractivity contribution < 1.29 is 17.2 Å². The van der Waals surface area contributed by atoms with Crippen molar-refractivity contribution in [2.24, 2.45) is 0 Å². The van der Waals surface area contributed by atoms with Gasteiger partial charge in [0, 0.05) is 13.1 Å². The smallest absolute Gasteiger partial charge is 0.303 e. The zero-order valence-corrected chi connectivity index (χ0v) is 8.46. The number of hydrogen-bond acceptors (Lipinski definition) is 4. The van der Waals surface area contributed by atoms with E-state index in [9.17, 15) is 8.42 Å². The molecule has 13 heavy (non-hydrogen) atoms. The van der Waals surface area contributed by atoms with E-state index in [1.165, 1.54) is 0 Å². The highest BCUT2D eigenvalue weighted by Crippen LogP contribution is 2.14. The van der Waals surface area contributed by atoms with Crippen molar-refractivity contribution in [3.05, 3.63) is 0 Å². The minimum atomic E-state index is -4.27. The molecule has 1 aliphatic heterocycles. The summed E-state index contributed by atoms with van der Waals surface area (Å²) >= 11 is 0. The van der Waals surface area contributed by atoms with Crippen LogP contribution in [0, 0.1) is 0 Å². The first-order chi connectivity index (χ1) is 6.01. The second-order valence-corrected chi connectivity index (χ2v) is 4.21. The van der Waals surface area contributed by atoms with Crippen LogP contribution in [0.4, 0.5) is 0 Å². The molecule has 0 aromatic heterocycles. The van der Waals surface area contributed by atoms with Crippen molar-refractivity contribution in [1.29, 1.82) is 0 Å². The molecule has 0 unspecified atom stereocenters. The van der Waals surface area contributed by atoms with E-state index < -0.39 is 10.4 Å². The Bertz CT molecular complexity index is 243. The van der Waals surface area contributed by atoms with E-state index >= 15 is 0 Å². The van der Waals surface area contributed by atoms with Crippen LogP contribution < -0.4 is 0 Å². The van der Waals surface area contributed by atoms with Crippen LogP contribution in [-0.4, -0.2) is 43.6 Å². The van der Waals surface area contributed by atoms with E-state index in [4.69, 9.17) is 4.55 Å². The van der Waals surface area contributed by atoms with Crippen LogP contribution in [0.25, 0.3) is 0 Å². The van der Waals surface area contributed by atoms with E-state index in [-0.39, 0.29) is 6.10 Å². The van der Waals surface area contributed by atoms with Gasteiger partial charge in [0.25, 0.3) is 0 Å². The van der Waals surface area contributed by atoms with E-state index in [0.717, 1.165) is 19.6 Å². The van der Waals surface area contributed by atoms with E-state index in [0.29, 0.717) is 12.8 Å². The molecule has 0 bridgehead atoms. The number of hydrogen-bond donors (Lipinski definition) is 1. The zero-order chi connectivity index (χ0) is 9.90. The highest BCUT2D eigenvalue weighted by atomic mass is 32.3. The maximum Gasteiger partial charge on any atom is 0.397 e. The first-order valence-electron chi connectivity index (χ1n) is 4.39. The first kappa shape index (κ1) is 10.9. The summed E-state index contributed by atoms with van der Waals surface area (Å²) in [4.78, 5) is 2.21. The molecule has 0 spiro atoms. The van der Waals surface area contributed by atoms with Gasteiger partial charge in [0.05, 0.1) is 6.10 Å². The Labute approximate surface area is 78.6 Å². The average molecular weight is 209 g/mol. The first-order valence-corrected chi connectivity index (χ1v) is 5.76. The molecule has 0 aliphatic carbocycles. The molecule has 5 nitrogen and oxygen atoms in total. The van der Waals surface area contributed by atoms with Gasteiger partial charge in [-0.2, -0.15) is 8.42 Å². The van der Waals surface area contributed by atoms with Crippen LogP contribution in [0.2, 0.25) is 0 Å². The minimum Gasteiger partial charge on any atom is -0.303 e. The molecule has 6 heteroatoms. The Morgan fingerprint density at radius 2 is 2.00 bits per heavy atom. The Morgan fingerprint density at radius 3 is 2.38 bits per heavy atom. The Balaban J connectivity index is 2.33. The third-order valence-corrected chi connectivity index (χ3v) is 2.75. The highest BCUT2D eigenvalue weighted by Gasteiger charge is 2.22. The van der Waals surface area contributed by atoms with Crippen LogP contribution in [0.3, 0.4) is 0 Å². The van der Waals surface area contributed by atoms with E-state index in [1.54, 1.807) is 0 Å². The molecule has 0 aromatic carbocycles. The van der Waals surface area contributed by atoms with Crippen LogP contribution in [0.5, 0.6) is 0 Å². The van der Waals surface area contributed by atoms with Crippen LogP contribution in [0.15, 0.2) is 0 Å². The van der Waals surface area contributed by atoms with Gasteiger partial charge in [-0.05, 0) is 19.4 Å². The maximum absolute atomic E-state index is 10.4. The highest BCUT2D eigenvalue weighted by molar-refractivity contribution is 7.80. The van der Waals surface area contributed by atoms with E-state index in [2.05, 4.69) is 16.0 Å². The fourth-order valence-corrected chi connectivity index (χ4v) is 2.03. The average Bonchev–Trinajstić information content (AvgIpc) is 2.03. The molecule has 0 atom stereocenters. The van der Waals surface area contributed by atoms with Gasteiger partial charge in [-0.25, -0.2) is 4.18 Å². The van der Waals surface area contributed by atoms with Crippen molar-refractivity contribution in [3.63, 3.8) is 0 Å². The molecular weight excluding hydrogens is 194 g/mol. The summed E-state index contributed by atoms with van der Waals surface area (Å²) in [7, 11) is -4.27. The molecule has 1 N–H and O–H groups in total. The van der Waals surface area contributed by atoms with Crippen molar-refractivity contribution in [2.45, 2.75) is 25.9 Å². The summed E-state index contributed by atoms with van der Waals surface area (Å²) in [5.74, 6) is 0. The van der Waals surface area contributed by atoms with Crippen molar-refractivity contribution in [2.75, 3.05) is 19.6 Å². The molecule has 1 saturated heterocycles. The SMILES string of the molecule is CCN1CCC(OS(=O)(=O)O)CC1. The fourth-order valence-electron chi connectivity index (χ4n) is 1.49. The molecule has 78 valence electrons. The number of rotatable bonds is 3. The van der Waals surface area contributed by atoms with Gasteiger partial charge in [-0.1, -0.05) is 6.92 Å². The lowest BCUT2D eigenvalue weighted by Gasteiger charge is -2.29. The van der Waals surface area contributed by atoms with Gasteiger partial charge in [0.2, 0.25) is 0 Å². The topological polar surface area (TPSA) is 66.8 Å². The zero-order valence-electron chi connectivity index (χ0n) is 7.64. The summed E-state index contributed by atoms with van der Waals surface area (Å²) in [5, 5.41) is 0. The van der Waals surface area contributed by atoms with Gasteiger partial charge in [-0.3, -0.25) is 4.55 Å². The molecule has 0 radical (unpaired) electrons. The van der Waals surface area contributed by atoms with Crippen LogP contribution in [-0.2, 0) is 14.6 Å². The largest absolute Gasteiger partial charge is 0.397 e. The van der Waals surface area contributed by atoms with Crippen molar-refractivity contribution >= 4 is 10.4 Å². The Morgan fingerprint density at radius 1 is 1.46 bits per heavy atom. The lowest BCUT2D eigenvalue weighted by molar-refractivity contribution is 0.0976. The maximum atomic E-state index is 10.4. The lowest BCUT2D eigenvalue weighted by atomic mass is 10.1. The molecule has 1 heterocycles. The van der Waals surface area contributed by atoms with E-state index in [1.807, 2.05) is 0 Å². The monoisotopic (exact) mass is 209 g/mol. The summed E-state index contributed by atoms with van der Waals surface area (Å²) in [6, 6.07) is 0. The third kappa shape index (κ3) is 4.04. The number of piperidine rings is 1. The normalized spacial score (nSPS) is 22.0. The molecule has 0 saturated carbocycles. The minimum absolute atomic E-state index is 0.349. The fraction of sp³-hybridized carbons (Fsp3) is 1.00. The Hall–Kier alpha value is -0.170. The molecule has 1 aliphatic rings. The number of nitrogens with zero attached hydrogens (tertiary/aromatic N) is 1.